The first-order valence-electron chi connectivity index (χ1n) is 3.99. The summed E-state index contributed by atoms with van der Waals surface area (Å²) in [6.07, 6.45) is 0. The van der Waals surface area contributed by atoms with Crippen molar-refractivity contribution in [3.05, 3.63) is 23.3 Å². The van der Waals surface area contributed by atoms with Gasteiger partial charge in [-0.05, 0) is 13.0 Å². The fourth-order valence-electron chi connectivity index (χ4n) is 1.10. The van der Waals surface area contributed by atoms with E-state index in [9.17, 15) is 8.78 Å². The summed E-state index contributed by atoms with van der Waals surface area (Å²) in [5, 5.41) is 9.06. The van der Waals surface area contributed by atoms with Crippen LogP contribution in [0.15, 0.2) is 6.07 Å². The van der Waals surface area contributed by atoms with Gasteiger partial charge in [-0.2, -0.15) is 4.39 Å². The summed E-state index contributed by atoms with van der Waals surface area (Å²) >= 11 is 0. The number of phenolic OH excluding ortho intramolecular Hbond substituents is 1. The lowest BCUT2D eigenvalue weighted by molar-refractivity contribution is 0.346. The molecule has 78 valence electrons. The number of methoxy groups -OCH3 is 1. The van der Waals surface area contributed by atoms with E-state index >= 15 is 0 Å². The molecule has 0 aliphatic carbocycles. The van der Waals surface area contributed by atoms with Crippen LogP contribution in [-0.2, 0) is 0 Å². The van der Waals surface area contributed by atoms with E-state index in [0.29, 0.717) is 0 Å². The topological polar surface area (TPSA) is 55.5 Å². The summed E-state index contributed by atoms with van der Waals surface area (Å²) in [7, 11) is 1.22. The van der Waals surface area contributed by atoms with E-state index in [1.54, 1.807) is 0 Å². The zero-order chi connectivity index (χ0) is 10.9. The van der Waals surface area contributed by atoms with E-state index in [-0.39, 0.29) is 11.3 Å². The van der Waals surface area contributed by atoms with Crippen molar-refractivity contribution < 1.29 is 18.6 Å². The van der Waals surface area contributed by atoms with Crippen LogP contribution in [0.3, 0.4) is 0 Å². The number of hydrogen-bond donors (Lipinski definition) is 2. The summed E-state index contributed by atoms with van der Waals surface area (Å²) < 4.78 is 30.9. The maximum Gasteiger partial charge on any atom is 0.209 e. The van der Waals surface area contributed by atoms with E-state index in [0.717, 1.165) is 6.07 Å². The highest BCUT2D eigenvalue weighted by molar-refractivity contribution is 5.42. The Morgan fingerprint density at radius 1 is 1.43 bits per heavy atom. The van der Waals surface area contributed by atoms with Crippen LogP contribution >= 0.6 is 0 Å². The highest BCUT2D eigenvalue weighted by Gasteiger charge is 2.20. The zero-order valence-corrected chi connectivity index (χ0v) is 7.84. The van der Waals surface area contributed by atoms with Gasteiger partial charge in [-0.25, -0.2) is 4.39 Å². The highest BCUT2D eigenvalue weighted by atomic mass is 19.1. The number of hydrogen-bond acceptors (Lipinski definition) is 3. The molecule has 1 aromatic rings. The number of aromatic hydroxyl groups is 1. The molecule has 3 nitrogen and oxygen atoms in total. The number of nitrogens with two attached hydrogens (primary N) is 1. The molecular weight excluding hydrogens is 192 g/mol. The molecule has 1 atom stereocenters. The summed E-state index contributed by atoms with van der Waals surface area (Å²) in [5.41, 5.74) is 5.44. The third-order valence-corrected chi connectivity index (χ3v) is 1.88. The largest absolute Gasteiger partial charge is 0.503 e. The summed E-state index contributed by atoms with van der Waals surface area (Å²) in [5.74, 6) is -3.44. The van der Waals surface area contributed by atoms with Crippen molar-refractivity contribution in [3.8, 4) is 11.5 Å². The van der Waals surface area contributed by atoms with Crippen molar-refractivity contribution in [2.75, 3.05) is 7.11 Å². The normalized spacial score (nSPS) is 12.6. The third kappa shape index (κ3) is 1.63. The van der Waals surface area contributed by atoms with Crippen LogP contribution < -0.4 is 10.5 Å². The molecule has 5 heteroatoms. The Morgan fingerprint density at radius 2 is 2.00 bits per heavy atom. The molecule has 0 radical (unpaired) electrons. The Kier molecular flexibility index (Phi) is 2.90. The molecular formula is C9H11F2NO2. The first-order chi connectivity index (χ1) is 6.49. The van der Waals surface area contributed by atoms with Gasteiger partial charge in [-0.15, -0.1) is 0 Å². The molecule has 14 heavy (non-hydrogen) atoms. The summed E-state index contributed by atoms with van der Waals surface area (Å²) in [6.45, 7) is 1.52. The van der Waals surface area contributed by atoms with Gasteiger partial charge in [0.05, 0.1) is 7.11 Å². The second kappa shape index (κ2) is 3.79. The Balaban J connectivity index is 3.40. The van der Waals surface area contributed by atoms with Crippen LogP contribution in [0.4, 0.5) is 8.78 Å². The molecule has 0 amide bonds. The highest BCUT2D eigenvalue weighted by Crippen LogP contribution is 2.33. The fourth-order valence-corrected chi connectivity index (χ4v) is 1.10. The van der Waals surface area contributed by atoms with Gasteiger partial charge >= 0.3 is 0 Å². The Morgan fingerprint density at radius 3 is 2.43 bits per heavy atom. The number of rotatable bonds is 2. The number of benzene rings is 1. The van der Waals surface area contributed by atoms with E-state index in [4.69, 9.17) is 10.8 Å². The molecule has 1 aromatic carbocycles. The monoisotopic (exact) mass is 203 g/mol. The van der Waals surface area contributed by atoms with Crippen molar-refractivity contribution in [3.63, 3.8) is 0 Å². The maximum absolute atomic E-state index is 13.2. The average Bonchev–Trinajstić information content (AvgIpc) is 2.14. The minimum atomic E-state index is -1.12. The van der Waals surface area contributed by atoms with Crippen LogP contribution in [0, 0.1) is 11.6 Å². The molecule has 0 saturated carbocycles. The second-order valence-electron chi connectivity index (χ2n) is 2.93. The van der Waals surface area contributed by atoms with Gasteiger partial charge < -0.3 is 15.6 Å². The van der Waals surface area contributed by atoms with E-state index in [1.807, 2.05) is 0 Å². The minimum Gasteiger partial charge on any atom is -0.503 e. The average molecular weight is 203 g/mol. The number of ether oxygens (including phenoxy) is 1. The minimum absolute atomic E-state index is 0.0146. The van der Waals surface area contributed by atoms with Crippen molar-refractivity contribution in [2.24, 2.45) is 5.73 Å². The van der Waals surface area contributed by atoms with Crippen LogP contribution in [0.1, 0.15) is 18.5 Å². The van der Waals surface area contributed by atoms with Gasteiger partial charge in [0.25, 0.3) is 0 Å². The Labute approximate surface area is 80.1 Å². The molecule has 1 rings (SSSR count). The number of halogens is 2. The lowest BCUT2D eigenvalue weighted by Crippen LogP contribution is -2.08. The third-order valence-electron chi connectivity index (χ3n) is 1.88. The predicted octanol–water partition coefficient (Wildman–Crippen LogP) is 1.70. The second-order valence-corrected chi connectivity index (χ2v) is 2.93. The zero-order valence-electron chi connectivity index (χ0n) is 7.84. The summed E-state index contributed by atoms with van der Waals surface area (Å²) in [6, 6.07) is 0.491. The van der Waals surface area contributed by atoms with Crippen LogP contribution in [-0.4, -0.2) is 12.2 Å². The maximum atomic E-state index is 13.2. The molecule has 0 bridgehead atoms. The van der Waals surface area contributed by atoms with E-state index in [1.165, 1.54) is 14.0 Å². The first-order valence-corrected chi connectivity index (χ1v) is 3.99. The summed E-state index contributed by atoms with van der Waals surface area (Å²) in [4.78, 5) is 0. The first kappa shape index (κ1) is 10.7. The lowest BCUT2D eigenvalue weighted by atomic mass is 10.1. The van der Waals surface area contributed by atoms with Crippen LogP contribution in [0.5, 0.6) is 11.5 Å². The van der Waals surface area contributed by atoms with Crippen LogP contribution in [0.2, 0.25) is 0 Å². The van der Waals surface area contributed by atoms with Crippen LogP contribution in [0.25, 0.3) is 0 Å². The van der Waals surface area contributed by atoms with Gasteiger partial charge in [0, 0.05) is 11.6 Å². The molecule has 0 fully saturated rings. The van der Waals surface area contributed by atoms with E-state index < -0.39 is 23.4 Å². The quantitative estimate of drug-likeness (QED) is 0.769. The van der Waals surface area contributed by atoms with Gasteiger partial charge in [0.1, 0.15) is 0 Å². The molecule has 0 saturated heterocycles. The molecule has 0 aliphatic heterocycles. The molecule has 1 unspecified atom stereocenters. The van der Waals surface area contributed by atoms with Crippen molar-refractivity contribution in [1.29, 1.82) is 0 Å². The van der Waals surface area contributed by atoms with E-state index in [2.05, 4.69) is 4.74 Å². The standard InChI is InChI=1S/C9H11F2NO2/c1-4(12)5-3-6(14-2)8(11)9(13)7(5)10/h3-4,13H,12H2,1-2H3. The smallest absolute Gasteiger partial charge is 0.209 e. The van der Waals surface area contributed by atoms with Gasteiger partial charge in [0.2, 0.25) is 5.82 Å². The fraction of sp³-hybridized carbons (Fsp3) is 0.333. The van der Waals surface area contributed by atoms with Crippen molar-refractivity contribution in [2.45, 2.75) is 13.0 Å². The molecule has 0 heterocycles. The van der Waals surface area contributed by atoms with Gasteiger partial charge in [0.15, 0.2) is 17.3 Å². The SMILES string of the molecule is COc1cc(C(C)N)c(F)c(O)c1F. The predicted molar refractivity (Wildman–Crippen MR) is 47.2 cm³/mol. The Hall–Kier alpha value is -1.36. The molecule has 0 spiro atoms. The van der Waals surface area contributed by atoms with Crippen molar-refractivity contribution in [1.82, 2.24) is 0 Å². The number of phenols is 1. The molecule has 0 aliphatic rings. The molecule has 3 N–H and O–H groups in total. The lowest BCUT2D eigenvalue weighted by Gasteiger charge is -2.11. The van der Waals surface area contributed by atoms with Crippen molar-refractivity contribution >= 4 is 0 Å². The Bertz CT molecular complexity index is 353. The molecule has 0 aromatic heterocycles. The van der Waals surface area contributed by atoms with Gasteiger partial charge in [-0.3, -0.25) is 0 Å². The van der Waals surface area contributed by atoms with Gasteiger partial charge in [-0.1, -0.05) is 0 Å².